The minimum atomic E-state index is 0.601. The summed E-state index contributed by atoms with van der Waals surface area (Å²) in [5, 5.41) is 8.21. The highest BCUT2D eigenvalue weighted by Gasteiger charge is 1.88. The van der Waals surface area contributed by atoms with Crippen LogP contribution in [0, 0.1) is 12.0 Å². The van der Waals surface area contributed by atoms with Crippen LogP contribution >= 0.6 is 15.9 Å². The van der Waals surface area contributed by atoms with Crippen molar-refractivity contribution < 1.29 is 5.11 Å². The molecule has 0 aromatic heterocycles. The second kappa shape index (κ2) is 4.05. The monoisotopic (exact) mass is 210 g/mol. The zero-order valence-corrected chi connectivity index (χ0v) is 7.43. The Morgan fingerprint density at radius 1 is 1.27 bits per heavy atom. The molecule has 0 heterocycles. The number of benzene rings is 1. The van der Waals surface area contributed by atoms with Gasteiger partial charge in [-0.15, -0.1) is 0 Å². The Hall–Kier alpha value is -0.940. The van der Waals surface area contributed by atoms with Crippen LogP contribution in [0.2, 0.25) is 0 Å². The van der Waals surface area contributed by atoms with Gasteiger partial charge in [0, 0.05) is 10.9 Å². The molecule has 1 rings (SSSR count). The highest BCUT2D eigenvalue weighted by Crippen LogP contribution is 2.10. The highest BCUT2D eigenvalue weighted by molar-refractivity contribution is 9.10. The predicted molar refractivity (Wildman–Crippen MR) is 47.6 cm³/mol. The van der Waals surface area contributed by atoms with E-state index in [4.69, 9.17) is 5.11 Å². The Morgan fingerprint density at radius 3 is 2.45 bits per heavy atom. The minimum absolute atomic E-state index is 0.601. The van der Waals surface area contributed by atoms with Crippen LogP contribution in [0.3, 0.4) is 0 Å². The smallest absolute Gasteiger partial charge is 0.107 e. The number of rotatable bonds is 1. The molecule has 0 aliphatic heterocycles. The molecular formula is C9H7BrO. The van der Waals surface area contributed by atoms with Crippen molar-refractivity contribution in [3.63, 3.8) is 0 Å². The van der Waals surface area contributed by atoms with Gasteiger partial charge in [-0.3, -0.25) is 0 Å². The third-order valence-corrected chi connectivity index (χ3v) is 1.81. The van der Waals surface area contributed by atoms with Gasteiger partial charge in [-0.2, -0.15) is 0 Å². The summed E-state index contributed by atoms with van der Waals surface area (Å²) in [6.07, 6.45) is 2.47. The molecule has 1 nitrogen and oxygen atoms in total. The number of halogens is 1. The maximum Gasteiger partial charge on any atom is 0.107 e. The first-order valence-electron chi connectivity index (χ1n) is 3.19. The van der Waals surface area contributed by atoms with E-state index in [2.05, 4.69) is 21.9 Å². The summed E-state index contributed by atoms with van der Waals surface area (Å²) in [4.78, 5) is 0. The van der Waals surface area contributed by atoms with Crippen LogP contribution in [0.4, 0.5) is 0 Å². The summed E-state index contributed by atoms with van der Waals surface area (Å²) in [6, 6.07) is 7.84. The van der Waals surface area contributed by atoms with Crippen molar-refractivity contribution in [2.24, 2.45) is 0 Å². The van der Waals surface area contributed by atoms with Gasteiger partial charge in [-0.05, 0) is 17.7 Å². The summed E-state index contributed by atoms with van der Waals surface area (Å²) in [6.45, 7) is 0. The second-order valence-electron chi connectivity index (χ2n) is 2.09. The molecule has 1 aromatic carbocycles. The molecule has 56 valence electrons. The standard InChI is InChI=1S/C9H7BrO/c10-9-5-3-8(4-6-9)2-1-7-11/h3-6,11H,2H2. The lowest BCUT2D eigenvalue weighted by Gasteiger charge is -1.93. The maximum absolute atomic E-state index is 8.21. The average molecular weight is 211 g/mol. The normalized spacial score (nSPS) is 8.45. The van der Waals surface area contributed by atoms with Gasteiger partial charge in [-0.1, -0.05) is 34.0 Å². The van der Waals surface area contributed by atoms with E-state index in [1.807, 2.05) is 30.4 Å². The number of aliphatic hydroxyl groups is 1. The van der Waals surface area contributed by atoms with Crippen molar-refractivity contribution >= 4 is 15.9 Å². The fourth-order valence-electron chi connectivity index (χ4n) is 0.744. The molecule has 0 spiro atoms. The molecule has 0 atom stereocenters. The molecule has 0 bridgehead atoms. The lowest BCUT2D eigenvalue weighted by Crippen LogP contribution is -1.79. The predicted octanol–water partition coefficient (Wildman–Crippen LogP) is 2.33. The van der Waals surface area contributed by atoms with Crippen molar-refractivity contribution in [2.45, 2.75) is 6.42 Å². The molecule has 0 fully saturated rings. The molecule has 0 aliphatic rings. The van der Waals surface area contributed by atoms with Crippen LogP contribution in [0.1, 0.15) is 5.56 Å². The first kappa shape index (κ1) is 8.16. The second-order valence-corrected chi connectivity index (χ2v) is 3.01. The van der Waals surface area contributed by atoms with Crippen molar-refractivity contribution in [1.82, 2.24) is 0 Å². The van der Waals surface area contributed by atoms with Crippen LogP contribution in [0.25, 0.3) is 0 Å². The topological polar surface area (TPSA) is 20.2 Å². The first-order valence-corrected chi connectivity index (χ1v) is 3.98. The molecule has 1 aromatic rings. The van der Waals surface area contributed by atoms with Crippen molar-refractivity contribution in [1.29, 1.82) is 0 Å². The van der Waals surface area contributed by atoms with Gasteiger partial charge in [0.2, 0.25) is 0 Å². The molecule has 0 radical (unpaired) electrons. The van der Waals surface area contributed by atoms with Crippen LogP contribution in [-0.2, 0) is 6.42 Å². The van der Waals surface area contributed by atoms with Gasteiger partial charge in [-0.25, -0.2) is 0 Å². The van der Waals surface area contributed by atoms with E-state index >= 15 is 0 Å². The van der Waals surface area contributed by atoms with Gasteiger partial charge in [0.1, 0.15) is 6.11 Å². The van der Waals surface area contributed by atoms with Gasteiger partial charge < -0.3 is 5.11 Å². The van der Waals surface area contributed by atoms with E-state index in [-0.39, 0.29) is 0 Å². The Kier molecular flexibility index (Phi) is 3.00. The lowest BCUT2D eigenvalue weighted by atomic mass is 10.2. The average Bonchev–Trinajstić information content (AvgIpc) is 2.04. The summed E-state index contributed by atoms with van der Waals surface area (Å²) >= 11 is 3.33. The summed E-state index contributed by atoms with van der Waals surface area (Å²) in [5.74, 6) is 2.57. The van der Waals surface area contributed by atoms with Crippen molar-refractivity contribution in [3.8, 4) is 12.0 Å². The molecular weight excluding hydrogens is 204 g/mol. The maximum atomic E-state index is 8.21. The zero-order valence-electron chi connectivity index (χ0n) is 5.84. The SMILES string of the molecule is OC#CCc1ccc(Br)cc1. The minimum Gasteiger partial charge on any atom is -0.462 e. The number of aliphatic hydroxyl groups excluding tert-OH is 1. The van der Waals surface area contributed by atoms with Crippen LogP contribution in [0.5, 0.6) is 0 Å². The van der Waals surface area contributed by atoms with E-state index in [9.17, 15) is 0 Å². The third-order valence-electron chi connectivity index (χ3n) is 1.28. The number of hydrogen-bond acceptors (Lipinski definition) is 1. The Bertz CT molecular complexity index is 279. The quantitative estimate of drug-likeness (QED) is 0.706. The van der Waals surface area contributed by atoms with Gasteiger partial charge >= 0.3 is 0 Å². The molecule has 0 saturated heterocycles. The van der Waals surface area contributed by atoms with Crippen molar-refractivity contribution in [3.05, 3.63) is 34.3 Å². The fourth-order valence-corrected chi connectivity index (χ4v) is 1.01. The molecule has 0 saturated carbocycles. The number of hydrogen-bond donors (Lipinski definition) is 1. The van der Waals surface area contributed by atoms with Crippen LogP contribution in [0.15, 0.2) is 28.7 Å². The van der Waals surface area contributed by atoms with Gasteiger partial charge in [0.25, 0.3) is 0 Å². The molecule has 11 heavy (non-hydrogen) atoms. The summed E-state index contributed by atoms with van der Waals surface area (Å²) in [5.41, 5.74) is 1.11. The summed E-state index contributed by atoms with van der Waals surface area (Å²) in [7, 11) is 0. The van der Waals surface area contributed by atoms with Gasteiger partial charge in [0.15, 0.2) is 0 Å². The lowest BCUT2D eigenvalue weighted by molar-refractivity contribution is 0.516. The first-order chi connectivity index (χ1) is 5.33. The largest absolute Gasteiger partial charge is 0.462 e. The molecule has 0 unspecified atom stereocenters. The molecule has 0 amide bonds. The van der Waals surface area contributed by atoms with E-state index in [1.165, 1.54) is 0 Å². The zero-order chi connectivity index (χ0) is 8.10. The molecule has 2 heteroatoms. The Labute approximate surface area is 74.2 Å². The highest BCUT2D eigenvalue weighted by atomic mass is 79.9. The van der Waals surface area contributed by atoms with Crippen LogP contribution in [-0.4, -0.2) is 5.11 Å². The Balaban J connectivity index is 2.71. The van der Waals surface area contributed by atoms with Gasteiger partial charge in [0.05, 0.1) is 0 Å². The van der Waals surface area contributed by atoms with E-state index < -0.39 is 0 Å². The van der Waals surface area contributed by atoms with Crippen LogP contribution < -0.4 is 0 Å². The molecule has 0 aliphatic carbocycles. The van der Waals surface area contributed by atoms with E-state index in [0.717, 1.165) is 10.0 Å². The fraction of sp³-hybridized carbons (Fsp3) is 0.111. The van der Waals surface area contributed by atoms with E-state index in [0.29, 0.717) is 6.42 Å². The summed E-state index contributed by atoms with van der Waals surface area (Å²) < 4.78 is 1.05. The Morgan fingerprint density at radius 2 is 1.91 bits per heavy atom. The molecule has 1 N–H and O–H groups in total. The van der Waals surface area contributed by atoms with E-state index in [1.54, 1.807) is 0 Å². The van der Waals surface area contributed by atoms with Crippen molar-refractivity contribution in [2.75, 3.05) is 0 Å². The third kappa shape index (κ3) is 2.65.